The van der Waals surface area contributed by atoms with Gasteiger partial charge in [-0.05, 0) is 25.2 Å². The molecule has 0 spiro atoms. The minimum Gasteiger partial charge on any atom is -0.481 e. The van der Waals surface area contributed by atoms with E-state index in [4.69, 9.17) is 5.11 Å². The molecule has 4 N–H and O–H groups in total. The van der Waals surface area contributed by atoms with Crippen LogP contribution < -0.4 is 5.32 Å². The molecule has 1 saturated carbocycles. The van der Waals surface area contributed by atoms with E-state index >= 15 is 0 Å². The molecule has 7 heteroatoms. The van der Waals surface area contributed by atoms with E-state index in [0.29, 0.717) is 6.42 Å². The Balaban J connectivity index is 2.14. The number of fused-ring (bicyclic) bond motifs is 2. The minimum absolute atomic E-state index is 0.176. The van der Waals surface area contributed by atoms with Crippen LogP contribution in [0.1, 0.15) is 13.3 Å². The highest BCUT2D eigenvalue weighted by Gasteiger charge is 2.52. The van der Waals surface area contributed by atoms with E-state index in [0.717, 1.165) is 0 Å². The van der Waals surface area contributed by atoms with Crippen molar-refractivity contribution in [2.45, 2.75) is 25.5 Å². The van der Waals surface area contributed by atoms with Gasteiger partial charge in [0.1, 0.15) is 0 Å². The van der Waals surface area contributed by atoms with E-state index < -0.39 is 41.8 Å². The number of nitrogens with one attached hydrogen (secondary N) is 1. The summed E-state index contributed by atoms with van der Waals surface area (Å²) in [5, 5.41) is 29.8. The van der Waals surface area contributed by atoms with Crippen molar-refractivity contribution in [2.24, 2.45) is 23.7 Å². The second-order valence-electron chi connectivity index (χ2n) is 5.40. The quantitative estimate of drug-likeness (QED) is 0.502. The Labute approximate surface area is 115 Å². The van der Waals surface area contributed by atoms with Crippen LogP contribution in [0.2, 0.25) is 0 Å². The average molecular weight is 283 g/mol. The molecule has 20 heavy (non-hydrogen) atoms. The first-order valence-corrected chi connectivity index (χ1v) is 6.45. The highest BCUT2D eigenvalue weighted by Crippen LogP contribution is 2.48. The van der Waals surface area contributed by atoms with Gasteiger partial charge in [0.05, 0.1) is 17.9 Å². The van der Waals surface area contributed by atoms with Crippen LogP contribution in [0.15, 0.2) is 12.2 Å². The van der Waals surface area contributed by atoms with Crippen molar-refractivity contribution < 1.29 is 29.7 Å². The Morgan fingerprint density at radius 2 is 1.70 bits per heavy atom. The van der Waals surface area contributed by atoms with Crippen molar-refractivity contribution in [3.05, 3.63) is 12.2 Å². The predicted molar refractivity (Wildman–Crippen MR) is 66.6 cm³/mol. The molecular weight excluding hydrogens is 266 g/mol. The molecule has 0 aromatic rings. The number of aliphatic hydroxyl groups excluding tert-OH is 1. The molecule has 0 unspecified atom stereocenters. The van der Waals surface area contributed by atoms with Crippen LogP contribution in [0, 0.1) is 23.7 Å². The molecule has 2 aliphatic rings. The van der Waals surface area contributed by atoms with Crippen molar-refractivity contribution in [1.82, 2.24) is 5.32 Å². The summed E-state index contributed by atoms with van der Waals surface area (Å²) in [4.78, 5) is 34.4. The van der Waals surface area contributed by atoms with Crippen molar-refractivity contribution in [2.75, 3.05) is 0 Å². The predicted octanol–water partition coefficient (Wildman–Crippen LogP) is -0.540. The summed E-state index contributed by atoms with van der Waals surface area (Å²) in [6, 6.07) is -1.43. The Hall–Kier alpha value is -1.89. The van der Waals surface area contributed by atoms with Gasteiger partial charge in [-0.2, -0.15) is 0 Å². The lowest BCUT2D eigenvalue weighted by Gasteiger charge is -2.26. The van der Waals surface area contributed by atoms with Crippen LogP contribution in [-0.4, -0.2) is 45.3 Å². The summed E-state index contributed by atoms with van der Waals surface area (Å²) < 4.78 is 0. The summed E-state index contributed by atoms with van der Waals surface area (Å²) in [7, 11) is 0. The van der Waals surface area contributed by atoms with E-state index in [-0.39, 0.29) is 11.8 Å². The summed E-state index contributed by atoms with van der Waals surface area (Å²) >= 11 is 0. The number of aliphatic carboxylic acids is 2. The number of carboxylic acid groups (broad SMARTS) is 2. The summed E-state index contributed by atoms with van der Waals surface area (Å²) in [6.07, 6.45) is 2.96. The Morgan fingerprint density at radius 1 is 1.15 bits per heavy atom. The topological polar surface area (TPSA) is 124 Å². The van der Waals surface area contributed by atoms with Gasteiger partial charge < -0.3 is 20.6 Å². The van der Waals surface area contributed by atoms with Gasteiger partial charge in [0, 0.05) is 0 Å². The van der Waals surface area contributed by atoms with E-state index in [1.165, 1.54) is 6.92 Å². The van der Waals surface area contributed by atoms with Crippen LogP contribution in [-0.2, 0) is 14.4 Å². The first-order valence-electron chi connectivity index (χ1n) is 6.45. The van der Waals surface area contributed by atoms with Gasteiger partial charge in [0.25, 0.3) is 0 Å². The first kappa shape index (κ1) is 14.5. The molecule has 2 rings (SSSR count). The standard InChI is InChI=1S/C13H17NO6/c1-5(15)10(13(19)20)14-11(16)8-6-2-3-7(4-6)9(8)12(17)18/h2-3,5-10,15H,4H2,1H3,(H,14,16)(H,17,18)(H,19,20)/t5-,6-,7-,8-,9+,10-/m0/s1. The zero-order valence-corrected chi connectivity index (χ0v) is 10.9. The van der Waals surface area contributed by atoms with Gasteiger partial charge >= 0.3 is 11.9 Å². The van der Waals surface area contributed by atoms with Crippen molar-refractivity contribution in [1.29, 1.82) is 0 Å². The lowest BCUT2D eigenvalue weighted by atomic mass is 9.82. The van der Waals surface area contributed by atoms with Gasteiger partial charge in [-0.25, -0.2) is 4.79 Å². The smallest absolute Gasteiger partial charge is 0.328 e. The number of rotatable bonds is 5. The van der Waals surface area contributed by atoms with Gasteiger partial charge in [-0.3, -0.25) is 9.59 Å². The highest BCUT2D eigenvalue weighted by atomic mass is 16.4. The molecule has 0 saturated heterocycles. The molecule has 0 aliphatic heterocycles. The lowest BCUT2D eigenvalue weighted by Crippen LogP contribution is -2.51. The number of hydrogen-bond acceptors (Lipinski definition) is 4. The fourth-order valence-corrected chi connectivity index (χ4v) is 3.15. The maximum absolute atomic E-state index is 12.2. The molecular formula is C13H17NO6. The van der Waals surface area contributed by atoms with E-state index in [1.54, 1.807) is 6.08 Å². The maximum atomic E-state index is 12.2. The molecule has 1 amide bonds. The fourth-order valence-electron chi connectivity index (χ4n) is 3.15. The van der Waals surface area contributed by atoms with E-state index in [9.17, 15) is 24.6 Å². The highest BCUT2D eigenvalue weighted by molar-refractivity contribution is 5.90. The summed E-state index contributed by atoms with van der Waals surface area (Å²) in [6.45, 7) is 1.26. The van der Waals surface area contributed by atoms with Gasteiger partial charge in [0.15, 0.2) is 6.04 Å². The fraction of sp³-hybridized carbons (Fsp3) is 0.615. The molecule has 2 aliphatic carbocycles. The van der Waals surface area contributed by atoms with Crippen molar-refractivity contribution in [3.63, 3.8) is 0 Å². The molecule has 110 valence electrons. The summed E-state index contributed by atoms with van der Waals surface area (Å²) in [5.41, 5.74) is 0. The molecule has 0 radical (unpaired) electrons. The van der Waals surface area contributed by atoms with E-state index in [1.807, 2.05) is 6.08 Å². The molecule has 0 heterocycles. The number of amides is 1. The van der Waals surface area contributed by atoms with E-state index in [2.05, 4.69) is 5.32 Å². The van der Waals surface area contributed by atoms with Crippen LogP contribution in [0.4, 0.5) is 0 Å². The molecule has 6 atom stereocenters. The Morgan fingerprint density at radius 3 is 2.15 bits per heavy atom. The number of carbonyl (C=O) groups excluding carboxylic acids is 1. The number of aliphatic hydroxyl groups is 1. The zero-order chi connectivity index (χ0) is 15.0. The third-order valence-corrected chi connectivity index (χ3v) is 4.09. The second kappa shape index (κ2) is 5.24. The third-order valence-electron chi connectivity index (χ3n) is 4.09. The number of hydrogen-bond donors (Lipinski definition) is 4. The minimum atomic E-state index is -1.43. The van der Waals surface area contributed by atoms with Gasteiger partial charge in [0.2, 0.25) is 5.91 Å². The third kappa shape index (κ3) is 2.40. The maximum Gasteiger partial charge on any atom is 0.328 e. The molecule has 1 fully saturated rings. The van der Waals surface area contributed by atoms with Crippen molar-refractivity contribution >= 4 is 17.8 Å². The SMILES string of the molecule is C[C@H](O)[C@H](NC(=O)[C@@H]1[C@H](C(=O)O)[C@H]2C=C[C@H]1C2)C(=O)O. The number of allylic oxidation sites excluding steroid dienone is 2. The Kier molecular flexibility index (Phi) is 3.80. The van der Waals surface area contributed by atoms with Crippen LogP contribution in [0.3, 0.4) is 0 Å². The molecule has 7 nitrogen and oxygen atoms in total. The zero-order valence-electron chi connectivity index (χ0n) is 10.9. The molecule has 0 aromatic carbocycles. The number of carbonyl (C=O) groups is 3. The van der Waals surface area contributed by atoms with Crippen LogP contribution >= 0.6 is 0 Å². The largest absolute Gasteiger partial charge is 0.481 e. The summed E-state index contributed by atoms with van der Waals surface area (Å²) in [5.74, 6) is -4.98. The number of carboxylic acids is 2. The van der Waals surface area contributed by atoms with Crippen molar-refractivity contribution in [3.8, 4) is 0 Å². The monoisotopic (exact) mass is 283 g/mol. The van der Waals surface area contributed by atoms with Crippen LogP contribution in [0.25, 0.3) is 0 Å². The molecule has 0 aromatic heterocycles. The first-order chi connectivity index (χ1) is 9.32. The Bertz CT molecular complexity index is 471. The normalized spacial score (nSPS) is 33.7. The van der Waals surface area contributed by atoms with Crippen LogP contribution in [0.5, 0.6) is 0 Å². The van der Waals surface area contributed by atoms with Gasteiger partial charge in [-0.15, -0.1) is 0 Å². The average Bonchev–Trinajstić information content (AvgIpc) is 2.94. The van der Waals surface area contributed by atoms with Gasteiger partial charge in [-0.1, -0.05) is 12.2 Å². The molecule has 2 bridgehead atoms. The lowest BCUT2D eigenvalue weighted by molar-refractivity contribution is -0.149. The second-order valence-corrected chi connectivity index (χ2v) is 5.40.